The summed E-state index contributed by atoms with van der Waals surface area (Å²) in [6.07, 6.45) is 5.11. The van der Waals surface area contributed by atoms with Gasteiger partial charge in [-0.15, -0.1) is 0 Å². The molecule has 4 aromatic heterocycles. The summed E-state index contributed by atoms with van der Waals surface area (Å²) in [5, 5.41) is 11.8. The number of hydrogen-bond donors (Lipinski definition) is 4. The average molecular weight is 425 g/mol. The molecule has 0 atom stereocenters. The van der Waals surface area contributed by atoms with Gasteiger partial charge >= 0.3 is 0 Å². The van der Waals surface area contributed by atoms with Crippen LogP contribution in [0, 0.1) is 5.82 Å². The summed E-state index contributed by atoms with van der Waals surface area (Å²) in [4.78, 5) is 32.5. The largest absolute Gasteiger partial charge is 0.323 e. The van der Waals surface area contributed by atoms with Gasteiger partial charge in [-0.3, -0.25) is 0 Å². The van der Waals surface area contributed by atoms with Crippen molar-refractivity contribution < 1.29 is 4.39 Å². The third kappa shape index (κ3) is 3.44. The Kier molecular flexibility index (Phi) is 4.33. The van der Waals surface area contributed by atoms with E-state index in [4.69, 9.17) is 11.6 Å². The Morgan fingerprint density at radius 1 is 0.533 bits per heavy atom. The van der Waals surface area contributed by atoms with Crippen molar-refractivity contribution in [2.24, 2.45) is 0 Å². The van der Waals surface area contributed by atoms with Crippen molar-refractivity contribution in [3.8, 4) is 0 Å². The first kappa shape index (κ1) is 17.8. The maximum absolute atomic E-state index is 14.9. The van der Waals surface area contributed by atoms with Gasteiger partial charge in [-0.1, -0.05) is 11.6 Å². The highest BCUT2D eigenvalue weighted by Crippen LogP contribution is 2.31. The predicted molar refractivity (Wildman–Crippen MR) is 106 cm³/mol. The first-order chi connectivity index (χ1) is 14.7. The van der Waals surface area contributed by atoms with E-state index in [9.17, 15) is 4.39 Å². The number of rotatable bonds is 0. The predicted octanol–water partition coefficient (Wildman–Crippen LogP) is 2.93. The minimum atomic E-state index is -0.720. The molecule has 5 heterocycles. The molecule has 30 heavy (non-hydrogen) atoms. The molecule has 12 nitrogen and oxygen atoms in total. The Morgan fingerprint density at radius 2 is 0.867 bits per heavy atom. The fourth-order valence-electron chi connectivity index (χ4n) is 2.56. The van der Waals surface area contributed by atoms with Gasteiger partial charge in [0, 0.05) is 12.1 Å². The van der Waals surface area contributed by atoms with Gasteiger partial charge in [0.25, 0.3) is 0 Å². The van der Waals surface area contributed by atoms with Crippen LogP contribution in [0.5, 0.6) is 0 Å². The Hall–Kier alpha value is -4.26. The standard InChI is InChI=1S/C16H10ClFN12/c17-11-13-23-5-24-14(11)28-8-2-10(22-4-20-8)30-16-12(18)15(25-6-26-16)29-9-1-7(27-13)19-3-21-9/h1-6H,(H4,19,20,21,22,23,24,25,26,27,28,29,30). The summed E-state index contributed by atoms with van der Waals surface area (Å²) >= 11 is 6.43. The lowest BCUT2D eigenvalue weighted by molar-refractivity contribution is 0.623. The summed E-state index contributed by atoms with van der Waals surface area (Å²) < 4.78 is 14.9. The molecule has 0 aliphatic carbocycles. The van der Waals surface area contributed by atoms with Crippen LogP contribution in [-0.2, 0) is 0 Å². The smallest absolute Gasteiger partial charge is 0.208 e. The molecule has 5 rings (SSSR count). The number of halogens is 2. The number of anilines is 8. The average Bonchev–Trinajstić information content (AvgIpc) is 2.74. The first-order valence-corrected chi connectivity index (χ1v) is 8.77. The molecule has 0 saturated heterocycles. The van der Waals surface area contributed by atoms with Crippen molar-refractivity contribution in [3.63, 3.8) is 0 Å². The van der Waals surface area contributed by atoms with Gasteiger partial charge in [0.1, 0.15) is 53.6 Å². The molecule has 148 valence electrons. The number of fused-ring (bicyclic) bond motifs is 8. The van der Waals surface area contributed by atoms with Crippen molar-refractivity contribution in [1.82, 2.24) is 39.9 Å². The molecule has 0 fully saturated rings. The maximum Gasteiger partial charge on any atom is 0.208 e. The van der Waals surface area contributed by atoms with Gasteiger partial charge in [0.2, 0.25) is 5.82 Å². The van der Waals surface area contributed by atoms with Crippen LogP contribution in [0.3, 0.4) is 0 Å². The van der Waals surface area contributed by atoms with Crippen LogP contribution in [0.25, 0.3) is 0 Å². The fraction of sp³-hybridized carbons (Fsp3) is 0. The SMILES string of the molecule is Fc1c2ncnc1Nc1cc(ncn1)Nc1ncnc(c1Cl)Nc1cc(ncn1)N2. The zero-order chi connectivity index (χ0) is 20.5. The second kappa shape index (κ2) is 7.29. The summed E-state index contributed by atoms with van der Waals surface area (Å²) in [5.41, 5.74) is 0. The van der Waals surface area contributed by atoms with Gasteiger partial charge in [-0.05, 0) is 0 Å². The van der Waals surface area contributed by atoms with Crippen LogP contribution >= 0.6 is 11.6 Å². The Morgan fingerprint density at radius 3 is 1.30 bits per heavy atom. The monoisotopic (exact) mass is 424 g/mol. The van der Waals surface area contributed by atoms with Crippen molar-refractivity contribution >= 4 is 58.1 Å². The Balaban J connectivity index is 1.65. The Bertz CT molecular complexity index is 1080. The molecule has 0 aromatic carbocycles. The first-order valence-electron chi connectivity index (χ1n) is 8.39. The van der Waals surface area contributed by atoms with Crippen LogP contribution in [0.1, 0.15) is 0 Å². The second-order valence-electron chi connectivity index (χ2n) is 5.85. The molecule has 0 radical (unpaired) electrons. The van der Waals surface area contributed by atoms with E-state index in [2.05, 4.69) is 61.1 Å². The minimum Gasteiger partial charge on any atom is -0.323 e. The molecule has 4 N–H and O–H groups in total. The number of nitrogens with one attached hydrogen (secondary N) is 4. The number of hydrogen-bond acceptors (Lipinski definition) is 12. The van der Waals surface area contributed by atoms with Crippen molar-refractivity contribution in [1.29, 1.82) is 0 Å². The molecule has 0 spiro atoms. The Labute approximate surface area is 172 Å². The normalized spacial score (nSPS) is 12.1. The van der Waals surface area contributed by atoms with Gasteiger partial charge in [0.05, 0.1) is 0 Å². The van der Waals surface area contributed by atoms with Crippen molar-refractivity contribution in [2.45, 2.75) is 0 Å². The third-order valence-electron chi connectivity index (χ3n) is 3.90. The molecular weight excluding hydrogens is 415 g/mol. The van der Waals surface area contributed by atoms with E-state index in [0.717, 1.165) is 0 Å². The van der Waals surface area contributed by atoms with Crippen molar-refractivity contribution in [2.75, 3.05) is 21.3 Å². The van der Waals surface area contributed by atoms with Crippen LogP contribution in [0.4, 0.5) is 50.9 Å². The summed E-state index contributed by atoms with van der Waals surface area (Å²) in [7, 11) is 0. The fourth-order valence-corrected chi connectivity index (χ4v) is 2.75. The van der Waals surface area contributed by atoms with E-state index in [0.29, 0.717) is 23.3 Å². The van der Waals surface area contributed by atoms with Gasteiger partial charge in [-0.25, -0.2) is 39.9 Å². The molecular formula is C16H10ClFN12. The summed E-state index contributed by atoms with van der Waals surface area (Å²) in [6.45, 7) is 0. The van der Waals surface area contributed by atoms with E-state index in [-0.39, 0.29) is 28.3 Å². The summed E-state index contributed by atoms with van der Waals surface area (Å²) in [6, 6.07) is 3.08. The third-order valence-corrected chi connectivity index (χ3v) is 4.26. The van der Waals surface area contributed by atoms with Gasteiger partial charge < -0.3 is 21.3 Å². The highest BCUT2D eigenvalue weighted by Gasteiger charge is 2.16. The minimum absolute atomic E-state index is 0.0843. The van der Waals surface area contributed by atoms with Crippen LogP contribution in [0.2, 0.25) is 5.02 Å². The molecule has 1 aliphatic heterocycles. The molecule has 0 saturated carbocycles. The maximum atomic E-state index is 14.9. The highest BCUT2D eigenvalue weighted by atomic mass is 35.5. The molecule has 0 amide bonds. The van der Waals surface area contributed by atoms with Crippen LogP contribution in [-0.4, -0.2) is 39.9 Å². The topological polar surface area (TPSA) is 151 Å². The van der Waals surface area contributed by atoms with Crippen LogP contribution in [0.15, 0.2) is 37.4 Å². The molecule has 14 heteroatoms. The zero-order valence-electron chi connectivity index (χ0n) is 14.8. The molecule has 1 aliphatic rings. The van der Waals surface area contributed by atoms with E-state index in [1.165, 1.54) is 37.4 Å². The molecule has 8 bridgehead atoms. The van der Waals surface area contributed by atoms with Gasteiger partial charge in [0.15, 0.2) is 23.3 Å². The quantitative estimate of drug-likeness (QED) is 0.289. The lowest BCUT2D eigenvalue weighted by atomic mass is 10.4. The number of nitrogens with zero attached hydrogens (tertiary/aromatic N) is 8. The lowest BCUT2D eigenvalue weighted by Crippen LogP contribution is -2.07. The van der Waals surface area contributed by atoms with E-state index in [1.807, 2.05) is 0 Å². The lowest BCUT2D eigenvalue weighted by Gasteiger charge is -2.13. The molecule has 0 unspecified atom stereocenters. The second-order valence-corrected chi connectivity index (χ2v) is 6.22. The number of aromatic nitrogens is 8. The van der Waals surface area contributed by atoms with E-state index in [1.54, 1.807) is 0 Å². The summed E-state index contributed by atoms with van der Waals surface area (Å²) in [5.74, 6) is 1.02. The van der Waals surface area contributed by atoms with E-state index < -0.39 is 5.82 Å². The van der Waals surface area contributed by atoms with Crippen molar-refractivity contribution in [3.05, 3.63) is 48.3 Å². The van der Waals surface area contributed by atoms with Gasteiger partial charge in [-0.2, -0.15) is 4.39 Å². The molecule has 4 aromatic rings. The van der Waals surface area contributed by atoms with E-state index >= 15 is 0 Å². The zero-order valence-corrected chi connectivity index (χ0v) is 15.6. The highest BCUT2D eigenvalue weighted by molar-refractivity contribution is 6.35. The van der Waals surface area contributed by atoms with Crippen LogP contribution < -0.4 is 21.3 Å².